The van der Waals surface area contributed by atoms with Crippen LogP contribution < -0.4 is 5.32 Å². The molecule has 0 aromatic rings. The summed E-state index contributed by atoms with van der Waals surface area (Å²) in [6.45, 7) is 1.62. The van der Waals surface area contributed by atoms with E-state index in [4.69, 9.17) is 0 Å². The fourth-order valence-electron chi connectivity index (χ4n) is 3.38. The summed E-state index contributed by atoms with van der Waals surface area (Å²) in [4.78, 5) is 0. The van der Waals surface area contributed by atoms with Gasteiger partial charge in [0.05, 0.1) is 5.92 Å². The van der Waals surface area contributed by atoms with Crippen LogP contribution in [0.25, 0.3) is 0 Å². The minimum Gasteiger partial charge on any atom is -0.308 e. The zero-order valence-electron chi connectivity index (χ0n) is 10.7. The molecule has 0 radical (unpaired) electrons. The van der Waals surface area contributed by atoms with Gasteiger partial charge in [0.25, 0.3) is 0 Å². The minimum absolute atomic E-state index is 0.142. The van der Waals surface area contributed by atoms with Gasteiger partial charge in [0.2, 0.25) is 0 Å². The molecule has 3 atom stereocenters. The smallest absolute Gasteiger partial charge is 0.308 e. The maximum absolute atomic E-state index is 14.2. The van der Waals surface area contributed by atoms with Gasteiger partial charge in [-0.25, -0.2) is 4.39 Å². The van der Waals surface area contributed by atoms with Gasteiger partial charge in [0, 0.05) is 12.1 Å². The number of rotatable bonds is 1. The number of alkyl halides is 4. The SMILES string of the molecule is CC1(C2CCCCC2)NCC(C(F)(F)F)CC1F. The highest BCUT2D eigenvalue weighted by Crippen LogP contribution is 2.42. The van der Waals surface area contributed by atoms with Crippen molar-refractivity contribution in [3.05, 3.63) is 0 Å². The van der Waals surface area contributed by atoms with Crippen LogP contribution in [0.3, 0.4) is 0 Å². The van der Waals surface area contributed by atoms with E-state index >= 15 is 0 Å². The molecule has 1 N–H and O–H groups in total. The number of nitrogens with one attached hydrogen (secondary N) is 1. The van der Waals surface area contributed by atoms with Crippen molar-refractivity contribution in [3.8, 4) is 0 Å². The van der Waals surface area contributed by atoms with Crippen molar-refractivity contribution in [3.63, 3.8) is 0 Å². The monoisotopic (exact) mass is 267 g/mol. The Morgan fingerprint density at radius 1 is 1.11 bits per heavy atom. The quantitative estimate of drug-likeness (QED) is 0.712. The Hall–Kier alpha value is -0.320. The maximum Gasteiger partial charge on any atom is 0.393 e. The molecule has 2 aliphatic rings. The van der Waals surface area contributed by atoms with Gasteiger partial charge in [-0.15, -0.1) is 0 Å². The van der Waals surface area contributed by atoms with Crippen molar-refractivity contribution in [2.45, 2.75) is 63.3 Å². The molecule has 1 nitrogen and oxygen atoms in total. The van der Waals surface area contributed by atoms with Crippen LogP contribution in [0.5, 0.6) is 0 Å². The summed E-state index contributed by atoms with van der Waals surface area (Å²) >= 11 is 0. The van der Waals surface area contributed by atoms with Gasteiger partial charge in [-0.1, -0.05) is 19.3 Å². The van der Waals surface area contributed by atoms with Crippen LogP contribution in [0.1, 0.15) is 45.4 Å². The van der Waals surface area contributed by atoms with Crippen LogP contribution in [-0.4, -0.2) is 24.4 Å². The lowest BCUT2D eigenvalue weighted by molar-refractivity contribution is -0.190. The third kappa shape index (κ3) is 2.65. The Labute approximate surface area is 105 Å². The first-order chi connectivity index (χ1) is 8.34. The summed E-state index contributed by atoms with van der Waals surface area (Å²) in [5, 5.41) is 2.88. The van der Waals surface area contributed by atoms with Crippen LogP contribution in [0.15, 0.2) is 0 Å². The molecule has 2 rings (SSSR count). The van der Waals surface area contributed by atoms with Crippen LogP contribution in [0.2, 0.25) is 0 Å². The van der Waals surface area contributed by atoms with Gasteiger partial charge >= 0.3 is 6.18 Å². The van der Waals surface area contributed by atoms with E-state index in [2.05, 4.69) is 5.32 Å². The fourth-order valence-corrected chi connectivity index (χ4v) is 3.38. The summed E-state index contributed by atoms with van der Waals surface area (Å²) in [6, 6.07) is 0. The van der Waals surface area contributed by atoms with E-state index < -0.39 is 23.8 Å². The summed E-state index contributed by atoms with van der Waals surface area (Å²) in [6.07, 6.45) is -0.916. The normalized spacial score (nSPS) is 39.8. The molecule has 1 aliphatic heterocycles. The zero-order chi connectivity index (χ0) is 13.4. The zero-order valence-corrected chi connectivity index (χ0v) is 10.7. The molecule has 3 unspecified atom stereocenters. The lowest BCUT2D eigenvalue weighted by Crippen LogP contribution is -2.62. The van der Waals surface area contributed by atoms with E-state index in [1.165, 1.54) is 0 Å². The molecule has 0 amide bonds. The second-order valence-corrected chi connectivity index (χ2v) is 5.94. The molecule has 0 aromatic carbocycles. The Kier molecular flexibility index (Phi) is 3.90. The summed E-state index contributed by atoms with van der Waals surface area (Å²) < 4.78 is 52.0. The largest absolute Gasteiger partial charge is 0.393 e. The van der Waals surface area contributed by atoms with Crippen LogP contribution in [0.4, 0.5) is 17.6 Å². The standard InChI is InChI=1S/C13H21F4N/c1-12(9-5-3-2-4-6-9)11(14)7-10(8-18-12)13(15,16)17/h9-11,18H,2-8H2,1H3. The molecule has 2 fully saturated rings. The summed E-state index contributed by atoms with van der Waals surface area (Å²) in [7, 11) is 0. The fraction of sp³-hybridized carbons (Fsp3) is 1.00. The first kappa shape index (κ1) is 14.1. The Morgan fingerprint density at radius 2 is 1.72 bits per heavy atom. The minimum atomic E-state index is -4.29. The molecular formula is C13H21F4N. The Balaban J connectivity index is 2.03. The van der Waals surface area contributed by atoms with Gasteiger partial charge in [0.1, 0.15) is 6.17 Å². The van der Waals surface area contributed by atoms with Gasteiger partial charge in [-0.3, -0.25) is 0 Å². The molecule has 0 spiro atoms. The average Bonchev–Trinajstić information content (AvgIpc) is 2.32. The van der Waals surface area contributed by atoms with Crippen molar-refractivity contribution >= 4 is 0 Å². The summed E-state index contributed by atoms with van der Waals surface area (Å²) in [5.41, 5.74) is -0.762. The van der Waals surface area contributed by atoms with E-state index in [1.807, 2.05) is 0 Å². The van der Waals surface area contributed by atoms with E-state index in [9.17, 15) is 17.6 Å². The molecule has 18 heavy (non-hydrogen) atoms. The molecular weight excluding hydrogens is 246 g/mol. The number of piperidine rings is 1. The van der Waals surface area contributed by atoms with Gasteiger partial charge in [-0.05, 0) is 32.1 Å². The lowest BCUT2D eigenvalue weighted by Gasteiger charge is -2.47. The average molecular weight is 267 g/mol. The molecule has 1 aliphatic carbocycles. The van der Waals surface area contributed by atoms with Gasteiger partial charge in [0.15, 0.2) is 0 Å². The van der Waals surface area contributed by atoms with E-state index in [0.29, 0.717) is 0 Å². The number of halogens is 4. The van der Waals surface area contributed by atoms with E-state index in [0.717, 1.165) is 32.1 Å². The topological polar surface area (TPSA) is 12.0 Å². The molecule has 1 saturated heterocycles. The Morgan fingerprint density at radius 3 is 2.22 bits per heavy atom. The first-order valence-electron chi connectivity index (χ1n) is 6.80. The highest BCUT2D eigenvalue weighted by Gasteiger charge is 2.51. The highest BCUT2D eigenvalue weighted by atomic mass is 19.4. The number of hydrogen-bond donors (Lipinski definition) is 1. The van der Waals surface area contributed by atoms with E-state index in [-0.39, 0.29) is 18.9 Å². The van der Waals surface area contributed by atoms with Crippen molar-refractivity contribution in [2.75, 3.05) is 6.54 Å². The molecule has 106 valence electrons. The molecule has 0 bridgehead atoms. The van der Waals surface area contributed by atoms with Crippen molar-refractivity contribution in [2.24, 2.45) is 11.8 Å². The molecule has 1 saturated carbocycles. The van der Waals surface area contributed by atoms with Crippen molar-refractivity contribution < 1.29 is 17.6 Å². The van der Waals surface area contributed by atoms with Crippen molar-refractivity contribution in [1.82, 2.24) is 5.32 Å². The number of hydrogen-bond acceptors (Lipinski definition) is 1. The van der Waals surface area contributed by atoms with Crippen molar-refractivity contribution in [1.29, 1.82) is 0 Å². The molecule has 1 heterocycles. The van der Waals surface area contributed by atoms with Crippen LogP contribution >= 0.6 is 0 Å². The van der Waals surface area contributed by atoms with Crippen LogP contribution in [0, 0.1) is 11.8 Å². The third-order valence-electron chi connectivity index (χ3n) is 4.79. The lowest BCUT2D eigenvalue weighted by atomic mass is 9.69. The predicted molar refractivity (Wildman–Crippen MR) is 62.0 cm³/mol. The van der Waals surface area contributed by atoms with Gasteiger partial charge < -0.3 is 5.32 Å². The van der Waals surface area contributed by atoms with Crippen LogP contribution in [-0.2, 0) is 0 Å². The molecule has 5 heteroatoms. The van der Waals surface area contributed by atoms with Gasteiger partial charge in [-0.2, -0.15) is 13.2 Å². The predicted octanol–water partition coefficient (Wildman–Crippen LogP) is 3.84. The second kappa shape index (κ2) is 4.99. The van der Waals surface area contributed by atoms with E-state index in [1.54, 1.807) is 6.92 Å². The summed E-state index contributed by atoms with van der Waals surface area (Å²) in [5.74, 6) is -1.36. The molecule has 0 aromatic heterocycles. The third-order valence-corrected chi connectivity index (χ3v) is 4.79. The maximum atomic E-state index is 14.2. The first-order valence-corrected chi connectivity index (χ1v) is 6.80. The second-order valence-electron chi connectivity index (χ2n) is 5.94. The highest BCUT2D eigenvalue weighted by molar-refractivity contribution is 5.02. The Bertz CT molecular complexity index is 285.